The van der Waals surface area contributed by atoms with Crippen LogP contribution in [0.3, 0.4) is 0 Å². The van der Waals surface area contributed by atoms with E-state index in [4.69, 9.17) is 5.73 Å². The minimum Gasteiger partial charge on any atom is -0.381 e. The second-order valence-electron chi connectivity index (χ2n) is 4.03. The second-order valence-corrected chi connectivity index (χ2v) is 4.03. The van der Waals surface area contributed by atoms with E-state index < -0.39 is 0 Å². The molecule has 17 heavy (non-hydrogen) atoms. The zero-order valence-corrected chi connectivity index (χ0v) is 9.17. The first-order valence-corrected chi connectivity index (χ1v) is 5.47. The Kier molecular flexibility index (Phi) is 2.32. The van der Waals surface area contributed by atoms with Gasteiger partial charge < -0.3 is 11.1 Å². The van der Waals surface area contributed by atoms with Crippen LogP contribution >= 0.6 is 0 Å². The molecule has 0 spiro atoms. The smallest absolute Gasteiger partial charge is 0.169 e. The normalized spacial score (nSPS) is 14.6. The third-order valence-electron chi connectivity index (χ3n) is 2.58. The lowest BCUT2D eigenvalue weighted by atomic mass is 10.2. The van der Waals surface area contributed by atoms with Crippen molar-refractivity contribution >= 4 is 11.6 Å². The van der Waals surface area contributed by atoms with Crippen LogP contribution in [0.25, 0.3) is 11.3 Å². The Morgan fingerprint density at radius 1 is 1.18 bits per heavy atom. The topological polar surface area (TPSA) is 89.6 Å². The Bertz CT molecular complexity index is 523. The SMILES string of the molecule is Nc1ncc(-c2cncnc2)nc1NC1CC1. The van der Waals surface area contributed by atoms with Gasteiger partial charge in [-0.25, -0.2) is 19.9 Å². The number of nitrogens with one attached hydrogen (secondary N) is 1. The van der Waals surface area contributed by atoms with E-state index in [0.717, 1.165) is 11.3 Å². The molecule has 0 atom stereocenters. The maximum absolute atomic E-state index is 5.78. The number of nitrogens with zero attached hydrogens (tertiary/aromatic N) is 4. The largest absolute Gasteiger partial charge is 0.381 e. The van der Waals surface area contributed by atoms with Gasteiger partial charge in [-0.3, -0.25) is 0 Å². The summed E-state index contributed by atoms with van der Waals surface area (Å²) in [5.74, 6) is 1.08. The molecule has 6 nitrogen and oxygen atoms in total. The van der Waals surface area contributed by atoms with Crippen LogP contribution in [0, 0.1) is 0 Å². The van der Waals surface area contributed by atoms with Gasteiger partial charge in [0.2, 0.25) is 0 Å². The molecule has 0 radical (unpaired) electrons. The quantitative estimate of drug-likeness (QED) is 0.817. The highest BCUT2D eigenvalue weighted by Crippen LogP contribution is 2.27. The van der Waals surface area contributed by atoms with E-state index in [2.05, 4.69) is 25.3 Å². The van der Waals surface area contributed by atoms with E-state index in [0.29, 0.717) is 17.7 Å². The van der Waals surface area contributed by atoms with Crippen molar-refractivity contribution < 1.29 is 0 Å². The molecule has 0 bridgehead atoms. The number of hydrogen-bond donors (Lipinski definition) is 2. The predicted octanol–water partition coefficient (Wildman–Crippen LogP) is 1.09. The summed E-state index contributed by atoms with van der Waals surface area (Å²) in [7, 11) is 0. The summed E-state index contributed by atoms with van der Waals surface area (Å²) in [6, 6.07) is 0.494. The highest BCUT2D eigenvalue weighted by molar-refractivity contribution is 5.64. The first kappa shape index (κ1) is 9.95. The van der Waals surface area contributed by atoms with Gasteiger partial charge in [0.1, 0.15) is 6.33 Å². The molecule has 1 aliphatic carbocycles. The Labute approximate surface area is 98.3 Å². The highest BCUT2D eigenvalue weighted by atomic mass is 15.1. The molecule has 2 heterocycles. The summed E-state index contributed by atoms with van der Waals surface area (Å²) in [6.45, 7) is 0. The second kappa shape index (κ2) is 3.97. The molecule has 0 saturated heterocycles. The van der Waals surface area contributed by atoms with Crippen LogP contribution < -0.4 is 11.1 Å². The lowest BCUT2D eigenvalue weighted by Crippen LogP contribution is -2.08. The summed E-state index contributed by atoms with van der Waals surface area (Å²) in [5.41, 5.74) is 7.33. The molecular formula is C11H12N6. The molecule has 3 rings (SSSR count). The van der Waals surface area contributed by atoms with Crippen molar-refractivity contribution in [2.24, 2.45) is 0 Å². The predicted molar refractivity (Wildman–Crippen MR) is 64.1 cm³/mol. The van der Waals surface area contributed by atoms with Gasteiger partial charge in [0.05, 0.1) is 11.9 Å². The third-order valence-corrected chi connectivity index (χ3v) is 2.58. The third kappa shape index (κ3) is 2.15. The van der Waals surface area contributed by atoms with E-state index in [1.54, 1.807) is 18.6 Å². The summed E-state index contributed by atoms with van der Waals surface area (Å²) in [6.07, 6.45) is 8.85. The van der Waals surface area contributed by atoms with E-state index in [9.17, 15) is 0 Å². The molecular weight excluding hydrogens is 216 g/mol. The molecule has 0 amide bonds. The summed E-state index contributed by atoms with van der Waals surface area (Å²) < 4.78 is 0. The van der Waals surface area contributed by atoms with Crippen LogP contribution in [0.4, 0.5) is 11.6 Å². The van der Waals surface area contributed by atoms with Crippen LogP contribution in [0.5, 0.6) is 0 Å². The molecule has 0 aliphatic heterocycles. The van der Waals surface area contributed by atoms with Crippen molar-refractivity contribution in [2.75, 3.05) is 11.1 Å². The van der Waals surface area contributed by atoms with Crippen molar-refractivity contribution in [1.82, 2.24) is 19.9 Å². The van der Waals surface area contributed by atoms with Gasteiger partial charge in [-0.1, -0.05) is 0 Å². The molecule has 1 aliphatic rings. The average Bonchev–Trinajstić information content (AvgIpc) is 3.17. The number of hydrogen-bond acceptors (Lipinski definition) is 6. The molecule has 0 unspecified atom stereocenters. The zero-order chi connectivity index (χ0) is 11.7. The van der Waals surface area contributed by atoms with Gasteiger partial charge in [-0.15, -0.1) is 0 Å². The van der Waals surface area contributed by atoms with Crippen molar-refractivity contribution in [3.8, 4) is 11.3 Å². The van der Waals surface area contributed by atoms with Crippen molar-refractivity contribution in [3.05, 3.63) is 24.9 Å². The minimum absolute atomic E-state index is 0.428. The molecule has 6 heteroatoms. The number of anilines is 2. The van der Waals surface area contributed by atoms with E-state index in [1.165, 1.54) is 19.2 Å². The standard InChI is InChI=1S/C11H12N6/c12-10-11(16-8-1-2-8)17-9(5-15-10)7-3-13-6-14-4-7/h3-6,8H,1-2H2,(H2,12,15)(H,16,17). The number of nitrogen functional groups attached to an aromatic ring is 1. The maximum atomic E-state index is 5.78. The first-order valence-electron chi connectivity index (χ1n) is 5.47. The molecule has 1 saturated carbocycles. The van der Waals surface area contributed by atoms with E-state index in [-0.39, 0.29) is 0 Å². The number of rotatable bonds is 3. The lowest BCUT2D eigenvalue weighted by molar-refractivity contribution is 1.09. The van der Waals surface area contributed by atoms with Gasteiger partial charge in [-0.2, -0.15) is 0 Å². The average molecular weight is 228 g/mol. The minimum atomic E-state index is 0.428. The molecule has 0 aromatic carbocycles. The van der Waals surface area contributed by atoms with E-state index >= 15 is 0 Å². The summed E-state index contributed by atoms with van der Waals surface area (Å²) >= 11 is 0. The lowest BCUT2D eigenvalue weighted by Gasteiger charge is -2.08. The van der Waals surface area contributed by atoms with Gasteiger partial charge in [0.15, 0.2) is 11.6 Å². The van der Waals surface area contributed by atoms with Gasteiger partial charge in [0, 0.05) is 24.0 Å². The summed E-state index contributed by atoms with van der Waals surface area (Å²) in [4.78, 5) is 16.5. The van der Waals surface area contributed by atoms with Gasteiger partial charge in [0.25, 0.3) is 0 Å². The van der Waals surface area contributed by atoms with Crippen molar-refractivity contribution in [1.29, 1.82) is 0 Å². The highest BCUT2D eigenvalue weighted by Gasteiger charge is 2.22. The first-order chi connectivity index (χ1) is 8.33. The summed E-state index contributed by atoms with van der Waals surface area (Å²) in [5, 5.41) is 3.25. The van der Waals surface area contributed by atoms with Crippen LogP contribution in [0.2, 0.25) is 0 Å². The fraction of sp³-hybridized carbons (Fsp3) is 0.273. The van der Waals surface area contributed by atoms with Crippen LogP contribution in [0.15, 0.2) is 24.9 Å². The number of aromatic nitrogens is 4. The van der Waals surface area contributed by atoms with Crippen LogP contribution in [-0.2, 0) is 0 Å². The molecule has 3 N–H and O–H groups in total. The molecule has 86 valence electrons. The van der Waals surface area contributed by atoms with Crippen molar-refractivity contribution in [2.45, 2.75) is 18.9 Å². The van der Waals surface area contributed by atoms with Crippen LogP contribution in [0.1, 0.15) is 12.8 Å². The zero-order valence-electron chi connectivity index (χ0n) is 9.17. The molecule has 2 aromatic rings. The molecule has 1 fully saturated rings. The Balaban J connectivity index is 1.95. The fourth-order valence-corrected chi connectivity index (χ4v) is 1.50. The Morgan fingerprint density at radius 3 is 2.65 bits per heavy atom. The van der Waals surface area contributed by atoms with Crippen LogP contribution in [-0.4, -0.2) is 26.0 Å². The van der Waals surface area contributed by atoms with E-state index in [1.807, 2.05) is 0 Å². The number of nitrogens with two attached hydrogens (primary N) is 1. The van der Waals surface area contributed by atoms with Crippen molar-refractivity contribution in [3.63, 3.8) is 0 Å². The van der Waals surface area contributed by atoms with Gasteiger partial charge in [-0.05, 0) is 12.8 Å². The van der Waals surface area contributed by atoms with Gasteiger partial charge >= 0.3 is 0 Å². The Morgan fingerprint density at radius 2 is 1.94 bits per heavy atom. The fourth-order valence-electron chi connectivity index (χ4n) is 1.50. The molecule has 2 aromatic heterocycles. The monoisotopic (exact) mass is 228 g/mol. The maximum Gasteiger partial charge on any atom is 0.169 e. The Hall–Kier alpha value is -2.24.